The third kappa shape index (κ3) is 2.25. The third-order valence-corrected chi connectivity index (χ3v) is 3.88. The van der Waals surface area contributed by atoms with E-state index < -0.39 is 0 Å². The maximum absolute atomic E-state index is 6.01. The fourth-order valence-electron chi connectivity index (χ4n) is 2.30. The summed E-state index contributed by atoms with van der Waals surface area (Å²) in [7, 11) is 1.88. The van der Waals surface area contributed by atoms with E-state index in [-0.39, 0.29) is 6.04 Å². The Balaban J connectivity index is 2.10. The van der Waals surface area contributed by atoms with Crippen LogP contribution in [0.2, 0.25) is 0 Å². The van der Waals surface area contributed by atoms with Gasteiger partial charge in [0.2, 0.25) is 0 Å². The van der Waals surface area contributed by atoms with Crippen LogP contribution in [0.15, 0.2) is 39.4 Å². The SMILES string of the molecule is CCNC(c1cc2cccc(Br)c2o1)c1cnnn1C. The zero-order valence-electron chi connectivity index (χ0n) is 11.3. The van der Waals surface area contributed by atoms with Gasteiger partial charge < -0.3 is 9.73 Å². The quantitative estimate of drug-likeness (QED) is 0.796. The van der Waals surface area contributed by atoms with E-state index in [0.29, 0.717) is 0 Å². The topological polar surface area (TPSA) is 55.9 Å². The van der Waals surface area contributed by atoms with Gasteiger partial charge in [0.1, 0.15) is 17.4 Å². The second-order valence-electron chi connectivity index (χ2n) is 4.58. The van der Waals surface area contributed by atoms with Gasteiger partial charge in [0.25, 0.3) is 0 Å². The van der Waals surface area contributed by atoms with Crippen molar-refractivity contribution >= 4 is 26.9 Å². The van der Waals surface area contributed by atoms with Crippen molar-refractivity contribution in [2.24, 2.45) is 7.05 Å². The normalized spacial score (nSPS) is 12.9. The minimum Gasteiger partial charge on any atom is -0.458 e. The van der Waals surface area contributed by atoms with Crippen LogP contribution in [0.4, 0.5) is 0 Å². The number of hydrogen-bond acceptors (Lipinski definition) is 4. The summed E-state index contributed by atoms with van der Waals surface area (Å²) in [5.74, 6) is 0.860. The molecule has 0 aliphatic carbocycles. The highest BCUT2D eigenvalue weighted by atomic mass is 79.9. The predicted molar refractivity (Wildman–Crippen MR) is 80.4 cm³/mol. The summed E-state index contributed by atoms with van der Waals surface area (Å²) in [5, 5.41) is 12.4. The zero-order chi connectivity index (χ0) is 14.1. The molecule has 104 valence electrons. The molecule has 0 saturated carbocycles. The fraction of sp³-hybridized carbons (Fsp3) is 0.286. The Morgan fingerprint density at radius 3 is 2.95 bits per heavy atom. The van der Waals surface area contributed by atoms with Crippen molar-refractivity contribution < 1.29 is 4.42 Å². The summed E-state index contributed by atoms with van der Waals surface area (Å²) in [4.78, 5) is 0. The molecular formula is C14H15BrN4O. The first kappa shape index (κ1) is 13.3. The first-order chi connectivity index (χ1) is 9.70. The van der Waals surface area contributed by atoms with Crippen molar-refractivity contribution in [1.82, 2.24) is 20.3 Å². The minimum absolute atomic E-state index is 0.0562. The zero-order valence-corrected chi connectivity index (χ0v) is 12.9. The van der Waals surface area contributed by atoms with Gasteiger partial charge in [-0.1, -0.05) is 24.3 Å². The largest absolute Gasteiger partial charge is 0.458 e. The van der Waals surface area contributed by atoms with Gasteiger partial charge >= 0.3 is 0 Å². The minimum atomic E-state index is -0.0562. The molecule has 2 aromatic heterocycles. The lowest BCUT2D eigenvalue weighted by molar-refractivity contribution is 0.458. The summed E-state index contributed by atoms with van der Waals surface area (Å²) in [6.07, 6.45) is 1.76. The summed E-state index contributed by atoms with van der Waals surface area (Å²) in [5.41, 5.74) is 1.84. The number of rotatable bonds is 4. The van der Waals surface area contributed by atoms with Gasteiger partial charge in [0, 0.05) is 12.4 Å². The van der Waals surface area contributed by atoms with E-state index in [0.717, 1.165) is 33.4 Å². The molecule has 5 nitrogen and oxygen atoms in total. The highest BCUT2D eigenvalue weighted by molar-refractivity contribution is 9.10. The number of para-hydroxylation sites is 1. The van der Waals surface area contributed by atoms with Crippen LogP contribution < -0.4 is 5.32 Å². The number of nitrogens with zero attached hydrogens (tertiary/aromatic N) is 3. The first-order valence-corrected chi connectivity index (χ1v) is 7.26. The maximum Gasteiger partial charge on any atom is 0.148 e. The van der Waals surface area contributed by atoms with Crippen molar-refractivity contribution in [3.05, 3.63) is 46.4 Å². The van der Waals surface area contributed by atoms with E-state index in [1.54, 1.807) is 10.9 Å². The molecule has 0 fully saturated rings. The van der Waals surface area contributed by atoms with E-state index in [1.165, 1.54) is 0 Å². The molecule has 3 aromatic rings. The third-order valence-electron chi connectivity index (χ3n) is 3.25. The molecule has 1 atom stereocenters. The molecule has 2 heterocycles. The van der Waals surface area contributed by atoms with E-state index in [1.807, 2.05) is 25.2 Å². The number of hydrogen-bond donors (Lipinski definition) is 1. The molecule has 0 bridgehead atoms. The van der Waals surface area contributed by atoms with Crippen LogP contribution in [-0.4, -0.2) is 21.5 Å². The second kappa shape index (κ2) is 5.38. The molecule has 0 spiro atoms. The second-order valence-corrected chi connectivity index (χ2v) is 5.43. The highest BCUT2D eigenvalue weighted by Crippen LogP contribution is 2.31. The number of halogens is 1. The molecule has 0 aliphatic rings. The van der Waals surface area contributed by atoms with E-state index in [9.17, 15) is 0 Å². The molecule has 0 radical (unpaired) electrons. The number of benzene rings is 1. The monoisotopic (exact) mass is 334 g/mol. The Morgan fingerprint density at radius 2 is 2.30 bits per heavy atom. The lowest BCUT2D eigenvalue weighted by Gasteiger charge is -2.14. The Kier molecular flexibility index (Phi) is 3.58. The summed E-state index contributed by atoms with van der Waals surface area (Å²) >= 11 is 3.52. The van der Waals surface area contributed by atoms with Gasteiger partial charge in [0.05, 0.1) is 16.4 Å². The molecule has 1 unspecified atom stereocenters. The number of aromatic nitrogens is 3. The Hall–Kier alpha value is -1.66. The molecule has 20 heavy (non-hydrogen) atoms. The lowest BCUT2D eigenvalue weighted by atomic mass is 10.1. The number of fused-ring (bicyclic) bond motifs is 1. The van der Waals surface area contributed by atoms with Crippen LogP contribution in [-0.2, 0) is 7.05 Å². The van der Waals surface area contributed by atoms with Crippen LogP contribution in [0.1, 0.15) is 24.4 Å². The van der Waals surface area contributed by atoms with Crippen molar-refractivity contribution in [1.29, 1.82) is 0 Å². The van der Waals surface area contributed by atoms with Crippen LogP contribution in [0.3, 0.4) is 0 Å². The predicted octanol–water partition coefficient (Wildman–Crippen LogP) is 3.02. The number of aryl methyl sites for hydroxylation is 1. The molecule has 1 aromatic carbocycles. The maximum atomic E-state index is 6.01. The molecule has 3 rings (SSSR count). The van der Waals surface area contributed by atoms with Gasteiger partial charge in [-0.3, -0.25) is 4.68 Å². The summed E-state index contributed by atoms with van der Waals surface area (Å²) in [6, 6.07) is 8.01. The first-order valence-electron chi connectivity index (χ1n) is 6.46. The van der Waals surface area contributed by atoms with Gasteiger partial charge in [-0.2, -0.15) is 0 Å². The highest BCUT2D eigenvalue weighted by Gasteiger charge is 2.21. The Morgan fingerprint density at radius 1 is 1.45 bits per heavy atom. The average Bonchev–Trinajstić information content (AvgIpc) is 3.03. The van der Waals surface area contributed by atoms with Gasteiger partial charge in [0.15, 0.2) is 0 Å². The van der Waals surface area contributed by atoms with Crippen LogP contribution in [0.25, 0.3) is 11.0 Å². The lowest BCUT2D eigenvalue weighted by Crippen LogP contribution is -2.23. The molecule has 0 aliphatic heterocycles. The van der Waals surface area contributed by atoms with Gasteiger partial charge in [-0.25, -0.2) is 0 Å². The molecule has 0 saturated heterocycles. The fourth-order valence-corrected chi connectivity index (χ4v) is 2.77. The van der Waals surface area contributed by atoms with Crippen molar-refractivity contribution in [2.45, 2.75) is 13.0 Å². The van der Waals surface area contributed by atoms with E-state index >= 15 is 0 Å². The van der Waals surface area contributed by atoms with Crippen molar-refractivity contribution in [3.8, 4) is 0 Å². The molecular weight excluding hydrogens is 320 g/mol. The van der Waals surface area contributed by atoms with Gasteiger partial charge in [-0.05, 0) is 34.6 Å². The molecule has 6 heteroatoms. The number of furan rings is 1. The smallest absolute Gasteiger partial charge is 0.148 e. The molecule has 1 N–H and O–H groups in total. The van der Waals surface area contributed by atoms with Crippen LogP contribution >= 0.6 is 15.9 Å². The number of nitrogens with one attached hydrogen (secondary N) is 1. The van der Waals surface area contributed by atoms with E-state index in [2.05, 4.69) is 44.5 Å². The Bertz CT molecular complexity index is 734. The van der Waals surface area contributed by atoms with E-state index in [4.69, 9.17) is 4.42 Å². The summed E-state index contributed by atoms with van der Waals surface area (Å²) in [6.45, 7) is 2.89. The van der Waals surface area contributed by atoms with Crippen molar-refractivity contribution in [3.63, 3.8) is 0 Å². The van der Waals surface area contributed by atoms with Crippen molar-refractivity contribution in [2.75, 3.05) is 6.54 Å². The van der Waals surface area contributed by atoms with Crippen LogP contribution in [0.5, 0.6) is 0 Å². The standard InChI is InChI=1S/C14H15BrN4O/c1-3-16-13(11-8-17-18-19(11)2)12-7-9-5-4-6-10(15)14(9)20-12/h4-8,13,16H,3H2,1-2H3. The van der Waals surface area contributed by atoms with Gasteiger partial charge in [-0.15, -0.1) is 5.10 Å². The van der Waals surface area contributed by atoms with Crippen LogP contribution in [0, 0.1) is 0 Å². The average molecular weight is 335 g/mol. The Labute approximate surface area is 125 Å². The summed E-state index contributed by atoms with van der Waals surface area (Å²) < 4.78 is 8.73. The molecule has 0 amide bonds.